The van der Waals surface area contributed by atoms with E-state index in [2.05, 4.69) is 22.6 Å². The summed E-state index contributed by atoms with van der Waals surface area (Å²) in [4.78, 5) is 25.1. The number of nitrogens with zero attached hydrogens (tertiary/aromatic N) is 1. The molecule has 1 aliphatic rings. The molecule has 2 rings (SSSR count). The summed E-state index contributed by atoms with van der Waals surface area (Å²) >= 11 is 8.14. The number of hydrogen-bond acceptors (Lipinski definition) is 2. The fourth-order valence-corrected chi connectivity index (χ4v) is 2.69. The molecule has 0 unspecified atom stereocenters. The molecular formula is C13H14ClIN2O2. The van der Waals surface area contributed by atoms with Gasteiger partial charge in [0.2, 0.25) is 5.91 Å². The van der Waals surface area contributed by atoms with Gasteiger partial charge in [-0.1, -0.05) is 11.6 Å². The molecule has 102 valence electrons. The van der Waals surface area contributed by atoms with Crippen LogP contribution in [0.5, 0.6) is 0 Å². The molecule has 2 amide bonds. The topological polar surface area (TPSA) is 63.4 Å². The van der Waals surface area contributed by atoms with Crippen LogP contribution in [0.2, 0.25) is 5.02 Å². The highest BCUT2D eigenvalue weighted by atomic mass is 127. The predicted octanol–water partition coefficient (Wildman–Crippen LogP) is 2.28. The summed E-state index contributed by atoms with van der Waals surface area (Å²) in [5.74, 6) is -0.421. The van der Waals surface area contributed by atoms with Crippen LogP contribution < -0.4 is 5.73 Å². The second-order valence-corrected chi connectivity index (χ2v) is 6.17. The van der Waals surface area contributed by atoms with Gasteiger partial charge in [0.05, 0.1) is 5.02 Å². The molecule has 1 aromatic carbocycles. The Labute approximate surface area is 130 Å². The maximum Gasteiger partial charge on any atom is 0.253 e. The molecule has 1 aliphatic heterocycles. The second kappa shape index (κ2) is 6.09. The van der Waals surface area contributed by atoms with Crippen molar-refractivity contribution >= 4 is 46.0 Å². The van der Waals surface area contributed by atoms with Crippen LogP contribution in [0.1, 0.15) is 23.2 Å². The molecular weight excluding hydrogens is 379 g/mol. The molecule has 0 saturated carbocycles. The number of piperidine rings is 1. The SMILES string of the molecule is NC(=O)C1CCN(C(=O)c2ccc(I)c(Cl)c2)CC1. The van der Waals surface area contributed by atoms with E-state index < -0.39 is 0 Å². The Bertz CT molecular complexity index is 513. The summed E-state index contributed by atoms with van der Waals surface area (Å²) in [6.45, 7) is 1.13. The number of carbonyl (C=O) groups excluding carboxylic acids is 2. The van der Waals surface area contributed by atoms with Crippen molar-refractivity contribution in [1.82, 2.24) is 4.90 Å². The molecule has 2 N–H and O–H groups in total. The van der Waals surface area contributed by atoms with Crippen molar-refractivity contribution < 1.29 is 9.59 Å². The summed E-state index contributed by atoms with van der Waals surface area (Å²) in [6.07, 6.45) is 1.28. The Kier molecular flexibility index (Phi) is 4.67. The van der Waals surface area contributed by atoms with Crippen LogP contribution in [-0.2, 0) is 4.79 Å². The van der Waals surface area contributed by atoms with Crippen LogP contribution >= 0.6 is 34.2 Å². The number of primary amides is 1. The lowest BCUT2D eigenvalue weighted by atomic mass is 9.96. The average Bonchev–Trinajstić information content (AvgIpc) is 2.41. The van der Waals surface area contributed by atoms with Crippen LogP contribution in [0.4, 0.5) is 0 Å². The van der Waals surface area contributed by atoms with Crippen molar-refractivity contribution in [2.45, 2.75) is 12.8 Å². The summed E-state index contributed by atoms with van der Waals surface area (Å²) < 4.78 is 0.920. The largest absolute Gasteiger partial charge is 0.369 e. The van der Waals surface area contributed by atoms with E-state index in [1.807, 2.05) is 6.07 Å². The molecule has 0 radical (unpaired) electrons. The van der Waals surface area contributed by atoms with E-state index in [1.54, 1.807) is 17.0 Å². The van der Waals surface area contributed by atoms with Gasteiger partial charge in [-0.2, -0.15) is 0 Å². The fourth-order valence-electron chi connectivity index (χ4n) is 2.18. The predicted molar refractivity (Wildman–Crippen MR) is 82.0 cm³/mol. The summed E-state index contributed by atoms with van der Waals surface area (Å²) in [5.41, 5.74) is 5.86. The van der Waals surface area contributed by atoms with E-state index in [1.165, 1.54) is 0 Å². The number of carbonyl (C=O) groups is 2. The number of nitrogens with two attached hydrogens (primary N) is 1. The van der Waals surface area contributed by atoms with Crippen LogP contribution in [0.3, 0.4) is 0 Å². The molecule has 0 aliphatic carbocycles. The van der Waals surface area contributed by atoms with Gasteiger partial charge in [0.15, 0.2) is 0 Å². The minimum atomic E-state index is -0.274. The molecule has 1 saturated heterocycles. The lowest BCUT2D eigenvalue weighted by Gasteiger charge is -2.30. The van der Waals surface area contributed by atoms with Gasteiger partial charge < -0.3 is 10.6 Å². The maximum absolute atomic E-state index is 12.3. The molecule has 1 heterocycles. The zero-order chi connectivity index (χ0) is 14.0. The van der Waals surface area contributed by atoms with Crippen LogP contribution in [0, 0.1) is 9.49 Å². The maximum atomic E-state index is 12.3. The van der Waals surface area contributed by atoms with Crippen LogP contribution in [0.15, 0.2) is 18.2 Å². The lowest BCUT2D eigenvalue weighted by molar-refractivity contribution is -0.123. The van der Waals surface area contributed by atoms with E-state index in [9.17, 15) is 9.59 Å². The van der Waals surface area contributed by atoms with Gasteiger partial charge in [0.1, 0.15) is 0 Å². The number of likely N-dealkylation sites (tertiary alicyclic amines) is 1. The Morgan fingerprint density at radius 1 is 1.32 bits per heavy atom. The first kappa shape index (κ1) is 14.6. The summed E-state index contributed by atoms with van der Waals surface area (Å²) in [6, 6.07) is 5.29. The van der Waals surface area contributed by atoms with E-state index in [-0.39, 0.29) is 17.7 Å². The van der Waals surface area contributed by atoms with Crippen molar-refractivity contribution in [3.05, 3.63) is 32.4 Å². The summed E-state index contributed by atoms with van der Waals surface area (Å²) in [5, 5.41) is 0.582. The van der Waals surface area contributed by atoms with E-state index in [4.69, 9.17) is 17.3 Å². The third kappa shape index (κ3) is 3.39. The van der Waals surface area contributed by atoms with Gasteiger partial charge in [-0.3, -0.25) is 9.59 Å². The zero-order valence-electron chi connectivity index (χ0n) is 10.2. The first-order chi connectivity index (χ1) is 8.99. The van der Waals surface area contributed by atoms with Gasteiger partial charge in [-0.25, -0.2) is 0 Å². The third-order valence-corrected chi connectivity index (χ3v) is 4.92. The molecule has 6 heteroatoms. The number of hydrogen-bond donors (Lipinski definition) is 1. The number of halogens is 2. The monoisotopic (exact) mass is 392 g/mol. The standard InChI is InChI=1S/C13H14ClIN2O2/c14-10-7-9(1-2-11(10)15)13(19)17-5-3-8(4-6-17)12(16)18/h1-2,7-8H,3-6H2,(H2,16,18). The minimum Gasteiger partial charge on any atom is -0.369 e. The molecule has 19 heavy (non-hydrogen) atoms. The van der Waals surface area contributed by atoms with Gasteiger partial charge in [-0.05, 0) is 53.6 Å². The Morgan fingerprint density at radius 2 is 1.95 bits per heavy atom. The van der Waals surface area contributed by atoms with E-state index >= 15 is 0 Å². The average molecular weight is 393 g/mol. The molecule has 0 spiro atoms. The van der Waals surface area contributed by atoms with E-state index in [0.717, 1.165) is 3.57 Å². The highest BCUT2D eigenvalue weighted by molar-refractivity contribution is 14.1. The third-order valence-electron chi connectivity index (χ3n) is 3.35. The summed E-state index contributed by atoms with van der Waals surface area (Å²) in [7, 11) is 0. The molecule has 0 bridgehead atoms. The fraction of sp³-hybridized carbons (Fsp3) is 0.385. The van der Waals surface area contributed by atoms with Crippen molar-refractivity contribution in [3.8, 4) is 0 Å². The normalized spacial score (nSPS) is 16.4. The van der Waals surface area contributed by atoms with Crippen LogP contribution in [0.25, 0.3) is 0 Å². The number of benzene rings is 1. The molecule has 1 aromatic rings. The molecule has 0 atom stereocenters. The molecule has 0 aromatic heterocycles. The minimum absolute atomic E-state index is 0.0405. The Morgan fingerprint density at radius 3 is 2.47 bits per heavy atom. The van der Waals surface area contributed by atoms with Gasteiger partial charge in [0, 0.05) is 28.1 Å². The first-order valence-electron chi connectivity index (χ1n) is 6.02. The smallest absolute Gasteiger partial charge is 0.253 e. The number of amides is 2. The van der Waals surface area contributed by atoms with Gasteiger partial charge in [0.25, 0.3) is 5.91 Å². The van der Waals surface area contributed by atoms with Crippen LogP contribution in [-0.4, -0.2) is 29.8 Å². The van der Waals surface area contributed by atoms with Crippen molar-refractivity contribution in [3.63, 3.8) is 0 Å². The van der Waals surface area contributed by atoms with Crippen molar-refractivity contribution in [2.24, 2.45) is 11.7 Å². The molecule has 1 fully saturated rings. The lowest BCUT2D eigenvalue weighted by Crippen LogP contribution is -2.41. The molecule has 4 nitrogen and oxygen atoms in total. The van der Waals surface area contributed by atoms with Crippen molar-refractivity contribution in [1.29, 1.82) is 0 Å². The Hall–Kier alpha value is -0.820. The Balaban J connectivity index is 2.05. The highest BCUT2D eigenvalue weighted by Crippen LogP contribution is 2.22. The van der Waals surface area contributed by atoms with E-state index in [0.29, 0.717) is 36.5 Å². The van der Waals surface area contributed by atoms with Crippen molar-refractivity contribution in [2.75, 3.05) is 13.1 Å². The zero-order valence-corrected chi connectivity index (χ0v) is 13.1. The highest BCUT2D eigenvalue weighted by Gasteiger charge is 2.26. The first-order valence-corrected chi connectivity index (χ1v) is 7.48. The number of rotatable bonds is 2. The second-order valence-electron chi connectivity index (χ2n) is 4.60. The van der Waals surface area contributed by atoms with Gasteiger partial charge >= 0.3 is 0 Å². The van der Waals surface area contributed by atoms with Gasteiger partial charge in [-0.15, -0.1) is 0 Å². The quantitative estimate of drug-likeness (QED) is 0.785.